The van der Waals surface area contributed by atoms with Gasteiger partial charge in [-0.2, -0.15) is 0 Å². The summed E-state index contributed by atoms with van der Waals surface area (Å²) >= 11 is 13.2. The third kappa shape index (κ3) is 5.08. The lowest BCUT2D eigenvalue weighted by molar-refractivity contribution is 0.146. The second-order valence-corrected chi connectivity index (χ2v) is 8.84. The van der Waals surface area contributed by atoms with Gasteiger partial charge in [0.05, 0.1) is 16.1 Å². The summed E-state index contributed by atoms with van der Waals surface area (Å²) in [7, 11) is 3.98. The molecule has 0 radical (unpaired) electrons. The van der Waals surface area contributed by atoms with E-state index in [0.717, 1.165) is 54.6 Å². The number of carbonyl (C=O) groups excluding carboxylic acids is 1. The van der Waals surface area contributed by atoms with Crippen LogP contribution >= 0.6 is 23.2 Å². The number of urea groups is 1. The second kappa shape index (κ2) is 9.99. The summed E-state index contributed by atoms with van der Waals surface area (Å²) in [5.41, 5.74) is 3.72. The fraction of sp³-hybridized carbons (Fsp3) is 0.478. The Bertz CT molecular complexity index is 897. The van der Waals surface area contributed by atoms with Gasteiger partial charge in [-0.25, -0.2) is 4.79 Å². The van der Waals surface area contributed by atoms with Crippen molar-refractivity contribution in [2.75, 3.05) is 27.2 Å². The van der Waals surface area contributed by atoms with Crippen LogP contribution in [0.5, 0.6) is 0 Å². The summed E-state index contributed by atoms with van der Waals surface area (Å²) in [5, 5.41) is 4.01. The molecule has 1 N–H and O–H groups in total. The lowest BCUT2D eigenvalue weighted by Gasteiger charge is -2.35. The molecule has 0 aliphatic carbocycles. The Labute approximate surface area is 189 Å². The number of nitrogens with zero attached hydrogens (tertiary/aromatic N) is 3. The molecule has 1 fully saturated rings. The molecule has 0 spiro atoms. The first-order chi connectivity index (χ1) is 14.3. The Morgan fingerprint density at radius 2 is 1.97 bits per heavy atom. The van der Waals surface area contributed by atoms with Gasteiger partial charge >= 0.3 is 6.03 Å². The second-order valence-electron chi connectivity index (χ2n) is 8.08. The van der Waals surface area contributed by atoms with E-state index in [2.05, 4.69) is 35.2 Å². The fourth-order valence-electron chi connectivity index (χ4n) is 3.86. The molecular formula is C23H30Cl2N4O. The lowest BCUT2D eigenvalue weighted by atomic mass is 10.0. The third-order valence-electron chi connectivity index (χ3n) is 5.99. The van der Waals surface area contributed by atoms with E-state index in [1.807, 2.05) is 37.2 Å². The SMILES string of the molecule is CCc1cncc(-c2ccc(C(C)NC(=O)N(C)C3CCN(C)CC3)c(Cl)c2Cl)c1. The number of benzene rings is 1. The van der Waals surface area contributed by atoms with Gasteiger partial charge in [0, 0.05) is 36.6 Å². The van der Waals surface area contributed by atoms with E-state index in [-0.39, 0.29) is 18.1 Å². The Morgan fingerprint density at radius 3 is 2.63 bits per heavy atom. The number of amides is 2. The average molecular weight is 449 g/mol. The largest absolute Gasteiger partial charge is 0.331 e. The van der Waals surface area contributed by atoms with E-state index in [1.165, 1.54) is 0 Å². The van der Waals surface area contributed by atoms with E-state index in [1.54, 1.807) is 6.20 Å². The Morgan fingerprint density at radius 1 is 1.27 bits per heavy atom. The van der Waals surface area contributed by atoms with Crippen LogP contribution in [0.1, 0.15) is 43.9 Å². The van der Waals surface area contributed by atoms with Crippen molar-refractivity contribution in [2.45, 2.75) is 45.2 Å². The molecule has 1 unspecified atom stereocenters. The molecule has 1 aromatic heterocycles. The summed E-state index contributed by atoms with van der Waals surface area (Å²) in [6, 6.07) is 5.87. The van der Waals surface area contributed by atoms with Crippen molar-refractivity contribution in [3.05, 3.63) is 51.8 Å². The minimum Gasteiger partial charge on any atom is -0.331 e. The number of nitrogens with one attached hydrogen (secondary N) is 1. The van der Waals surface area contributed by atoms with E-state index in [4.69, 9.17) is 23.2 Å². The number of pyridine rings is 1. The van der Waals surface area contributed by atoms with Gasteiger partial charge in [-0.1, -0.05) is 42.3 Å². The molecule has 1 saturated heterocycles. The van der Waals surface area contributed by atoms with Crippen molar-refractivity contribution in [2.24, 2.45) is 0 Å². The first-order valence-corrected chi connectivity index (χ1v) is 11.2. The molecule has 0 saturated carbocycles. The average Bonchev–Trinajstić information content (AvgIpc) is 2.75. The maximum Gasteiger partial charge on any atom is 0.317 e. The van der Waals surface area contributed by atoms with Crippen molar-refractivity contribution >= 4 is 29.2 Å². The van der Waals surface area contributed by atoms with Crippen LogP contribution in [0.2, 0.25) is 10.0 Å². The molecule has 3 rings (SSSR count). The molecule has 2 aromatic rings. The van der Waals surface area contributed by atoms with Crippen LogP contribution in [0.25, 0.3) is 11.1 Å². The normalized spacial score (nSPS) is 16.3. The molecule has 5 nitrogen and oxygen atoms in total. The van der Waals surface area contributed by atoms with Crippen LogP contribution < -0.4 is 5.32 Å². The van der Waals surface area contributed by atoms with Gasteiger partial charge in [0.1, 0.15) is 0 Å². The van der Waals surface area contributed by atoms with Crippen LogP contribution in [0.4, 0.5) is 4.79 Å². The smallest absolute Gasteiger partial charge is 0.317 e. The first kappa shape index (κ1) is 22.9. The molecule has 30 heavy (non-hydrogen) atoms. The summed E-state index contributed by atoms with van der Waals surface area (Å²) in [6.45, 7) is 6.03. The first-order valence-electron chi connectivity index (χ1n) is 10.5. The predicted octanol–water partition coefficient (Wildman–Crippen LogP) is 5.41. The highest BCUT2D eigenvalue weighted by Crippen LogP contribution is 2.38. The summed E-state index contributed by atoms with van der Waals surface area (Å²) in [6.07, 6.45) is 6.52. The Hall–Kier alpha value is -1.82. The van der Waals surface area contributed by atoms with Gasteiger partial charge in [-0.15, -0.1) is 0 Å². The predicted molar refractivity (Wildman–Crippen MR) is 124 cm³/mol. The number of carbonyl (C=O) groups is 1. The van der Waals surface area contributed by atoms with Gasteiger partial charge in [-0.05, 0) is 63.5 Å². The third-order valence-corrected chi connectivity index (χ3v) is 6.89. The Balaban J connectivity index is 1.73. The van der Waals surface area contributed by atoms with Gasteiger partial charge in [0.15, 0.2) is 0 Å². The van der Waals surface area contributed by atoms with Crippen molar-refractivity contribution in [1.82, 2.24) is 20.1 Å². The van der Waals surface area contributed by atoms with E-state index in [9.17, 15) is 4.79 Å². The zero-order valence-corrected chi connectivity index (χ0v) is 19.6. The van der Waals surface area contributed by atoms with Gasteiger partial charge in [-0.3, -0.25) is 4.98 Å². The molecule has 0 bridgehead atoms. The maximum atomic E-state index is 12.8. The van der Waals surface area contributed by atoms with E-state index >= 15 is 0 Å². The Kier molecular flexibility index (Phi) is 7.61. The molecule has 7 heteroatoms. The fourth-order valence-corrected chi connectivity index (χ4v) is 4.47. The number of hydrogen-bond donors (Lipinski definition) is 1. The number of halogens is 2. The highest BCUT2D eigenvalue weighted by molar-refractivity contribution is 6.44. The van der Waals surface area contributed by atoms with Gasteiger partial charge in [0.25, 0.3) is 0 Å². The highest BCUT2D eigenvalue weighted by atomic mass is 35.5. The molecular weight excluding hydrogens is 419 g/mol. The van der Waals surface area contributed by atoms with Crippen molar-refractivity contribution in [3.63, 3.8) is 0 Å². The van der Waals surface area contributed by atoms with Crippen molar-refractivity contribution < 1.29 is 4.79 Å². The van der Waals surface area contributed by atoms with Crippen molar-refractivity contribution in [1.29, 1.82) is 0 Å². The number of aryl methyl sites for hydroxylation is 1. The lowest BCUT2D eigenvalue weighted by Crippen LogP contribution is -2.48. The van der Waals surface area contributed by atoms with Crippen LogP contribution in [-0.2, 0) is 6.42 Å². The molecule has 1 atom stereocenters. The van der Waals surface area contributed by atoms with Gasteiger partial charge < -0.3 is 15.1 Å². The summed E-state index contributed by atoms with van der Waals surface area (Å²) in [5.74, 6) is 0. The summed E-state index contributed by atoms with van der Waals surface area (Å²) < 4.78 is 0. The van der Waals surface area contributed by atoms with Crippen LogP contribution in [-0.4, -0.2) is 54.0 Å². The van der Waals surface area contributed by atoms with E-state index < -0.39 is 0 Å². The number of piperidine rings is 1. The highest BCUT2D eigenvalue weighted by Gasteiger charge is 2.25. The van der Waals surface area contributed by atoms with E-state index in [0.29, 0.717) is 10.0 Å². The van der Waals surface area contributed by atoms with Crippen molar-refractivity contribution in [3.8, 4) is 11.1 Å². The molecule has 1 aliphatic rings. The van der Waals surface area contributed by atoms with Crippen LogP contribution in [0.3, 0.4) is 0 Å². The molecule has 1 aromatic carbocycles. The number of likely N-dealkylation sites (tertiary alicyclic amines) is 1. The monoisotopic (exact) mass is 448 g/mol. The molecule has 1 aliphatic heterocycles. The zero-order valence-electron chi connectivity index (χ0n) is 18.1. The minimum atomic E-state index is -0.259. The minimum absolute atomic E-state index is 0.0897. The van der Waals surface area contributed by atoms with Crippen LogP contribution in [0.15, 0.2) is 30.6 Å². The quantitative estimate of drug-likeness (QED) is 0.664. The molecule has 162 valence electrons. The van der Waals surface area contributed by atoms with Crippen LogP contribution in [0, 0.1) is 0 Å². The number of rotatable bonds is 5. The molecule has 2 heterocycles. The summed E-state index contributed by atoms with van der Waals surface area (Å²) in [4.78, 5) is 21.2. The van der Waals surface area contributed by atoms with Gasteiger partial charge in [0.2, 0.25) is 0 Å². The maximum absolute atomic E-state index is 12.8. The number of aromatic nitrogens is 1. The standard InChI is InChI=1S/C23H30Cl2N4O/c1-5-16-12-17(14-26-13-16)20-7-6-19(21(24)22(20)25)15(2)27-23(30)29(4)18-8-10-28(3)11-9-18/h6-7,12-15,18H,5,8-11H2,1-4H3,(H,27,30). The number of hydrogen-bond acceptors (Lipinski definition) is 3. The molecule has 2 amide bonds. The zero-order chi connectivity index (χ0) is 21.8. The topological polar surface area (TPSA) is 48.5 Å².